The summed E-state index contributed by atoms with van der Waals surface area (Å²) in [4.78, 5) is 15.7. The van der Waals surface area contributed by atoms with Crippen LogP contribution < -0.4 is 10.1 Å². The number of carboxylic acids is 1. The molecular formula is C20H26N2O3. The monoisotopic (exact) mass is 342 g/mol. The number of hydrogen-bond acceptors (Lipinski definition) is 4. The van der Waals surface area contributed by atoms with Gasteiger partial charge in [0.1, 0.15) is 11.8 Å². The van der Waals surface area contributed by atoms with Crippen molar-refractivity contribution in [1.82, 2.24) is 10.3 Å². The molecule has 25 heavy (non-hydrogen) atoms. The minimum Gasteiger partial charge on any atom is -0.480 e. The Balaban J connectivity index is 1.88. The molecule has 0 saturated carbocycles. The van der Waals surface area contributed by atoms with Crippen LogP contribution in [0.15, 0.2) is 48.7 Å². The number of carboxylic acid groups (broad SMARTS) is 1. The molecule has 0 bridgehead atoms. The van der Waals surface area contributed by atoms with Crippen molar-refractivity contribution >= 4 is 5.97 Å². The summed E-state index contributed by atoms with van der Waals surface area (Å²) in [6.45, 7) is 6.80. The van der Waals surface area contributed by atoms with Gasteiger partial charge in [0.25, 0.3) is 0 Å². The Labute approximate surface area is 149 Å². The molecule has 0 radical (unpaired) electrons. The van der Waals surface area contributed by atoms with Crippen LogP contribution in [0.4, 0.5) is 0 Å². The first-order valence-corrected chi connectivity index (χ1v) is 8.47. The molecule has 1 aromatic heterocycles. The van der Waals surface area contributed by atoms with Gasteiger partial charge in [0.05, 0.1) is 0 Å². The highest BCUT2D eigenvalue weighted by Crippen LogP contribution is 2.22. The Kier molecular flexibility index (Phi) is 6.53. The normalized spacial score (nSPS) is 12.6. The van der Waals surface area contributed by atoms with Crippen molar-refractivity contribution in [3.63, 3.8) is 0 Å². The number of nitrogens with zero attached hydrogens (tertiary/aromatic N) is 1. The summed E-state index contributed by atoms with van der Waals surface area (Å²) in [5.74, 6) is 0.424. The minimum atomic E-state index is -0.818. The molecule has 0 fully saturated rings. The van der Waals surface area contributed by atoms with Gasteiger partial charge in [0.2, 0.25) is 5.88 Å². The van der Waals surface area contributed by atoms with Gasteiger partial charge >= 0.3 is 5.97 Å². The van der Waals surface area contributed by atoms with Crippen molar-refractivity contribution in [2.75, 3.05) is 0 Å². The van der Waals surface area contributed by atoms with E-state index >= 15 is 0 Å². The van der Waals surface area contributed by atoms with Gasteiger partial charge in [-0.05, 0) is 36.0 Å². The van der Waals surface area contributed by atoms with Crippen molar-refractivity contribution in [2.45, 2.75) is 46.2 Å². The lowest BCUT2D eigenvalue weighted by molar-refractivity contribution is -0.139. The molecule has 0 aliphatic carbocycles. The Morgan fingerprint density at radius 2 is 1.92 bits per heavy atom. The maximum Gasteiger partial charge on any atom is 0.320 e. The molecule has 2 N–H and O–H groups in total. The molecule has 0 unspecified atom stereocenters. The lowest BCUT2D eigenvalue weighted by atomic mass is 9.88. The maximum absolute atomic E-state index is 11.4. The van der Waals surface area contributed by atoms with Gasteiger partial charge in [0, 0.05) is 18.8 Å². The second-order valence-corrected chi connectivity index (χ2v) is 7.29. The Morgan fingerprint density at radius 1 is 1.20 bits per heavy atom. The molecule has 1 aromatic carbocycles. The molecule has 0 saturated heterocycles. The lowest BCUT2D eigenvalue weighted by Crippen LogP contribution is -2.37. The van der Waals surface area contributed by atoms with Crippen LogP contribution in [0.3, 0.4) is 0 Å². The van der Waals surface area contributed by atoms with Crippen LogP contribution in [0, 0.1) is 5.41 Å². The fourth-order valence-electron chi connectivity index (χ4n) is 2.32. The Bertz CT molecular complexity index is 664. The molecule has 0 amide bonds. The molecule has 2 aromatic rings. The zero-order valence-electron chi connectivity index (χ0n) is 15.0. The molecule has 0 spiro atoms. The zero-order chi connectivity index (χ0) is 18.3. The molecule has 1 heterocycles. The number of aliphatic carboxylic acids is 1. The summed E-state index contributed by atoms with van der Waals surface area (Å²) in [6, 6.07) is 12.6. The Morgan fingerprint density at radius 3 is 2.48 bits per heavy atom. The number of hydrogen-bond donors (Lipinski definition) is 2. The van der Waals surface area contributed by atoms with Gasteiger partial charge in [-0.2, -0.15) is 0 Å². The number of carbonyl (C=O) groups is 1. The fraction of sp³-hybridized carbons (Fsp3) is 0.400. The van der Waals surface area contributed by atoms with Crippen LogP contribution in [0.25, 0.3) is 0 Å². The van der Waals surface area contributed by atoms with Gasteiger partial charge < -0.3 is 15.2 Å². The van der Waals surface area contributed by atoms with Crippen LogP contribution in [-0.2, 0) is 11.3 Å². The molecule has 5 heteroatoms. The summed E-state index contributed by atoms with van der Waals surface area (Å²) in [6.07, 6.45) is 3.15. The van der Waals surface area contributed by atoms with Gasteiger partial charge in [-0.1, -0.05) is 45.0 Å². The number of nitrogens with one attached hydrogen (secondary N) is 1. The number of aromatic nitrogens is 1. The van der Waals surface area contributed by atoms with Gasteiger partial charge in [-0.15, -0.1) is 0 Å². The van der Waals surface area contributed by atoms with Gasteiger partial charge in [0.15, 0.2) is 0 Å². The molecule has 2 rings (SSSR count). The quantitative estimate of drug-likeness (QED) is 0.750. The summed E-state index contributed by atoms with van der Waals surface area (Å²) in [5, 5.41) is 12.5. The third kappa shape index (κ3) is 6.93. The van der Waals surface area contributed by atoms with Crippen LogP contribution >= 0.6 is 0 Å². The standard InChI is InChI=1S/C20H26N2O3/c1-20(2,3)12-11-17(19(23)24)21-13-15-9-10-18(22-14-15)25-16-7-5-4-6-8-16/h4-10,14,17,21H,11-13H2,1-3H3,(H,23,24)/t17-/m0/s1. The summed E-state index contributed by atoms with van der Waals surface area (Å²) in [5.41, 5.74) is 1.04. The third-order valence-electron chi connectivity index (χ3n) is 3.80. The van der Waals surface area contributed by atoms with Gasteiger partial charge in [-0.25, -0.2) is 4.98 Å². The maximum atomic E-state index is 11.4. The van der Waals surface area contributed by atoms with E-state index in [0.29, 0.717) is 18.8 Å². The lowest BCUT2D eigenvalue weighted by Gasteiger charge is -2.21. The highest BCUT2D eigenvalue weighted by molar-refractivity contribution is 5.73. The number of ether oxygens (including phenoxy) is 1. The third-order valence-corrected chi connectivity index (χ3v) is 3.80. The van der Waals surface area contributed by atoms with E-state index in [1.807, 2.05) is 36.4 Å². The van der Waals surface area contributed by atoms with Crippen molar-refractivity contribution in [2.24, 2.45) is 5.41 Å². The second kappa shape index (κ2) is 8.62. The number of para-hydroxylation sites is 1. The SMILES string of the molecule is CC(C)(C)CC[C@H](NCc1ccc(Oc2ccccc2)nc1)C(=O)O. The first kappa shape index (κ1) is 18.9. The first-order chi connectivity index (χ1) is 11.8. The summed E-state index contributed by atoms with van der Waals surface area (Å²) >= 11 is 0. The smallest absolute Gasteiger partial charge is 0.320 e. The highest BCUT2D eigenvalue weighted by atomic mass is 16.5. The predicted molar refractivity (Wildman–Crippen MR) is 97.7 cm³/mol. The van der Waals surface area contributed by atoms with E-state index in [-0.39, 0.29) is 5.41 Å². The molecular weight excluding hydrogens is 316 g/mol. The van der Waals surface area contributed by atoms with Crippen LogP contribution in [0.5, 0.6) is 11.6 Å². The van der Waals surface area contributed by atoms with E-state index < -0.39 is 12.0 Å². The fourth-order valence-corrected chi connectivity index (χ4v) is 2.32. The molecule has 0 aliphatic rings. The van der Waals surface area contributed by atoms with Crippen molar-refractivity contribution < 1.29 is 14.6 Å². The average molecular weight is 342 g/mol. The highest BCUT2D eigenvalue weighted by Gasteiger charge is 2.20. The van der Waals surface area contributed by atoms with Crippen LogP contribution in [0.1, 0.15) is 39.2 Å². The summed E-state index contributed by atoms with van der Waals surface area (Å²) < 4.78 is 5.65. The topological polar surface area (TPSA) is 71.5 Å². The van der Waals surface area contributed by atoms with Crippen LogP contribution in [-0.4, -0.2) is 22.1 Å². The average Bonchev–Trinajstić information content (AvgIpc) is 2.56. The van der Waals surface area contributed by atoms with Crippen LogP contribution in [0.2, 0.25) is 0 Å². The molecule has 5 nitrogen and oxygen atoms in total. The van der Waals surface area contributed by atoms with Crippen molar-refractivity contribution in [3.8, 4) is 11.6 Å². The predicted octanol–water partition coefficient (Wildman–Crippen LogP) is 4.24. The number of rotatable bonds is 8. The van der Waals surface area contributed by atoms with E-state index in [0.717, 1.165) is 17.7 Å². The largest absolute Gasteiger partial charge is 0.480 e. The number of benzene rings is 1. The zero-order valence-corrected chi connectivity index (χ0v) is 15.0. The van der Waals surface area contributed by atoms with E-state index in [1.54, 1.807) is 12.3 Å². The van der Waals surface area contributed by atoms with Crippen molar-refractivity contribution in [1.29, 1.82) is 0 Å². The second-order valence-electron chi connectivity index (χ2n) is 7.29. The number of pyridine rings is 1. The van der Waals surface area contributed by atoms with E-state index in [2.05, 4.69) is 31.1 Å². The Hall–Kier alpha value is -2.40. The summed E-state index contributed by atoms with van der Waals surface area (Å²) in [7, 11) is 0. The van der Waals surface area contributed by atoms with E-state index in [4.69, 9.17) is 4.74 Å². The minimum absolute atomic E-state index is 0.118. The van der Waals surface area contributed by atoms with Crippen molar-refractivity contribution in [3.05, 3.63) is 54.2 Å². The molecule has 134 valence electrons. The van der Waals surface area contributed by atoms with E-state index in [9.17, 15) is 9.90 Å². The van der Waals surface area contributed by atoms with E-state index in [1.165, 1.54) is 0 Å². The molecule has 1 atom stereocenters. The molecule has 0 aliphatic heterocycles. The first-order valence-electron chi connectivity index (χ1n) is 8.47. The van der Waals surface area contributed by atoms with Gasteiger partial charge in [-0.3, -0.25) is 4.79 Å².